The average molecular weight is 320 g/mol. The van der Waals surface area contributed by atoms with Gasteiger partial charge in [-0.3, -0.25) is 4.79 Å². The normalized spacial score (nSPS) is 10.9. The molecule has 1 N–H and O–H groups in total. The topological polar surface area (TPSA) is 50.7 Å². The van der Waals surface area contributed by atoms with Crippen molar-refractivity contribution >= 4 is 23.5 Å². The second-order valence-electron chi connectivity index (χ2n) is 4.66. The predicted molar refractivity (Wildman–Crippen MR) is 86.4 cm³/mol. The molecule has 0 radical (unpaired) electrons. The maximum Gasteiger partial charge on any atom is 0.281 e. The van der Waals surface area contributed by atoms with E-state index in [-0.39, 0.29) is 11.7 Å². The third-order valence-electron chi connectivity index (χ3n) is 3.12. The number of ether oxygens (including phenoxy) is 1. The monoisotopic (exact) mass is 320 g/mol. The summed E-state index contributed by atoms with van der Waals surface area (Å²) in [6.07, 6.45) is 2.29. The van der Waals surface area contributed by atoms with Gasteiger partial charge in [-0.1, -0.05) is 6.92 Å². The van der Waals surface area contributed by atoms with Crippen molar-refractivity contribution in [2.45, 2.75) is 20.3 Å². The summed E-state index contributed by atoms with van der Waals surface area (Å²) in [7, 11) is 1.40. The lowest BCUT2D eigenvalue weighted by molar-refractivity contribution is 0.0959. The summed E-state index contributed by atoms with van der Waals surface area (Å²) in [5.41, 5.74) is 4.09. The summed E-state index contributed by atoms with van der Waals surface area (Å²) < 4.78 is 18.4. The zero-order valence-electron chi connectivity index (χ0n) is 12.6. The first-order valence-corrected chi connectivity index (χ1v) is 7.63. The minimum absolute atomic E-state index is 0.169. The summed E-state index contributed by atoms with van der Waals surface area (Å²) in [5, 5.41) is 3.85. The molecular formula is C16H17FN2O2S. The number of nitrogens with one attached hydrogen (secondary N) is 1. The summed E-state index contributed by atoms with van der Waals surface area (Å²) in [6, 6.07) is 6.30. The standard InChI is InChI=1S/C16H17FN2O2S/c1-4-14-10(2)7-15(22-14)16(20)19-18-9-11-5-6-13(21-3)12(17)8-11/h5-9H,4H2,1-3H3,(H,19,20)/b18-9-. The van der Waals surface area contributed by atoms with Crippen molar-refractivity contribution in [3.8, 4) is 5.75 Å². The van der Waals surface area contributed by atoms with Gasteiger partial charge in [0.2, 0.25) is 0 Å². The van der Waals surface area contributed by atoms with Gasteiger partial charge >= 0.3 is 0 Å². The van der Waals surface area contributed by atoms with Gasteiger partial charge in [0.15, 0.2) is 11.6 Å². The molecule has 0 unspecified atom stereocenters. The van der Waals surface area contributed by atoms with Crippen molar-refractivity contribution in [1.82, 2.24) is 5.43 Å². The zero-order valence-corrected chi connectivity index (χ0v) is 13.5. The van der Waals surface area contributed by atoms with E-state index in [1.807, 2.05) is 13.0 Å². The molecule has 0 fully saturated rings. The number of carbonyl (C=O) groups excluding carboxylic acids is 1. The number of benzene rings is 1. The number of methoxy groups -OCH3 is 1. The van der Waals surface area contributed by atoms with Gasteiger partial charge in [-0.2, -0.15) is 5.10 Å². The van der Waals surface area contributed by atoms with Crippen LogP contribution in [0.1, 0.15) is 32.6 Å². The Morgan fingerprint density at radius 1 is 1.45 bits per heavy atom. The van der Waals surface area contributed by atoms with Gasteiger partial charge in [-0.15, -0.1) is 11.3 Å². The number of thiophene rings is 1. The largest absolute Gasteiger partial charge is 0.494 e. The van der Waals surface area contributed by atoms with Crippen LogP contribution in [-0.4, -0.2) is 19.2 Å². The van der Waals surface area contributed by atoms with Gasteiger partial charge in [-0.25, -0.2) is 9.82 Å². The summed E-state index contributed by atoms with van der Waals surface area (Å²) >= 11 is 1.46. The first-order valence-electron chi connectivity index (χ1n) is 6.81. The van der Waals surface area contributed by atoms with Crippen LogP contribution in [0, 0.1) is 12.7 Å². The van der Waals surface area contributed by atoms with Crippen molar-refractivity contribution in [3.63, 3.8) is 0 Å². The minimum atomic E-state index is -0.473. The van der Waals surface area contributed by atoms with Crippen molar-refractivity contribution in [2.24, 2.45) is 5.10 Å². The Bertz CT molecular complexity index is 710. The second kappa shape index (κ2) is 7.17. The number of rotatable bonds is 5. The Morgan fingerprint density at radius 3 is 2.82 bits per heavy atom. The number of aryl methyl sites for hydroxylation is 2. The van der Waals surface area contributed by atoms with Crippen LogP contribution < -0.4 is 10.2 Å². The summed E-state index contributed by atoms with van der Waals surface area (Å²) in [4.78, 5) is 13.8. The lowest BCUT2D eigenvalue weighted by atomic mass is 10.2. The van der Waals surface area contributed by atoms with Gasteiger partial charge in [0, 0.05) is 4.88 Å². The molecule has 6 heteroatoms. The molecule has 116 valence electrons. The first kappa shape index (κ1) is 16.2. The maximum atomic E-state index is 13.5. The molecule has 22 heavy (non-hydrogen) atoms. The highest BCUT2D eigenvalue weighted by Gasteiger charge is 2.10. The summed E-state index contributed by atoms with van der Waals surface area (Å²) in [5.74, 6) is -0.570. The van der Waals surface area contributed by atoms with Crippen molar-refractivity contribution in [2.75, 3.05) is 7.11 Å². The molecule has 4 nitrogen and oxygen atoms in total. The average Bonchev–Trinajstić information content (AvgIpc) is 2.88. The van der Waals surface area contributed by atoms with E-state index in [0.717, 1.165) is 12.0 Å². The van der Waals surface area contributed by atoms with Gasteiger partial charge in [0.25, 0.3) is 5.91 Å². The molecule has 0 aliphatic heterocycles. The van der Waals surface area contributed by atoms with Crippen LogP contribution in [0.3, 0.4) is 0 Å². The molecule has 0 spiro atoms. The Hall–Kier alpha value is -2.21. The van der Waals surface area contributed by atoms with Gasteiger partial charge in [0.1, 0.15) is 0 Å². The Morgan fingerprint density at radius 2 is 2.23 bits per heavy atom. The molecular weight excluding hydrogens is 303 g/mol. The van der Waals surface area contributed by atoms with Crippen LogP contribution in [-0.2, 0) is 6.42 Å². The van der Waals surface area contributed by atoms with Crippen LogP contribution in [0.25, 0.3) is 0 Å². The van der Waals surface area contributed by atoms with Crippen LogP contribution in [0.4, 0.5) is 4.39 Å². The fourth-order valence-electron chi connectivity index (χ4n) is 1.97. The van der Waals surface area contributed by atoms with Crippen LogP contribution in [0.2, 0.25) is 0 Å². The van der Waals surface area contributed by atoms with Crippen molar-refractivity contribution < 1.29 is 13.9 Å². The molecule has 1 aromatic carbocycles. The fraction of sp³-hybridized carbons (Fsp3) is 0.250. The molecule has 2 rings (SSSR count). The molecule has 0 bridgehead atoms. The molecule has 0 atom stereocenters. The van der Waals surface area contributed by atoms with Crippen molar-refractivity contribution in [3.05, 3.63) is 51.0 Å². The highest BCUT2D eigenvalue weighted by atomic mass is 32.1. The van der Waals surface area contributed by atoms with E-state index in [9.17, 15) is 9.18 Å². The molecule has 0 saturated heterocycles. The second-order valence-corrected chi connectivity index (χ2v) is 5.80. The fourth-order valence-corrected chi connectivity index (χ4v) is 2.97. The smallest absolute Gasteiger partial charge is 0.281 e. The molecule has 0 aliphatic rings. The first-order chi connectivity index (χ1) is 10.5. The summed E-state index contributed by atoms with van der Waals surface area (Å²) in [6.45, 7) is 4.03. The van der Waals surface area contributed by atoms with E-state index in [1.54, 1.807) is 6.07 Å². The molecule has 1 heterocycles. The van der Waals surface area contributed by atoms with E-state index in [1.165, 1.54) is 41.7 Å². The molecule has 0 saturated carbocycles. The van der Waals surface area contributed by atoms with Crippen LogP contribution >= 0.6 is 11.3 Å². The van der Waals surface area contributed by atoms with E-state index >= 15 is 0 Å². The molecule has 1 amide bonds. The van der Waals surface area contributed by atoms with Crippen LogP contribution in [0.15, 0.2) is 29.4 Å². The molecule has 0 aliphatic carbocycles. The lowest BCUT2D eigenvalue weighted by Crippen LogP contribution is -2.16. The van der Waals surface area contributed by atoms with Crippen LogP contribution in [0.5, 0.6) is 5.75 Å². The van der Waals surface area contributed by atoms with E-state index in [4.69, 9.17) is 4.74 Å². The quantitative estimate of drug-likeness (QED) is 0.677. The predicted octanol–water partition coefficient (Wildman–Crippen LogP) is 3.53. The van der Waals surface area contributed by atoms with Crippen molar-refractivity contribution in [1.29, 1.82) is 0 Å². The highest BCUT2D eigenvalue weighted by molar-refractivity contribution is 7.14. The number of halogens is 1. The number of hydrazone groups is 1. The third kappa shape index (κ3) is 3.71. The number of amides is 1. The number of hydrogen-bond acceptors (Lipinski definition) is 4. The number of carbonyl (C=O) groups is 1. The van der Waals surface area contributed by atoms with E-state index in [2.05, 4.69) is 17.5 Å². The Balaban J connectivity index is 2.02. The number of nitrogens with zero attached hydrogens (tertiary/aromatic N) is 1. The number of hydrogen-bond donors (Lipinski definition) is 1. The maximum absolute atomic E-state index is 13.5. The highest BCUT2D eigenvalue weighted by Crippen LogP contribution is 2.22. The molecule has 1 aromatic heterocycles. The SMILES string of the molecule is CCc1sc(C(=O)N/N=C\c2ccc(OC)c(F)c2)cc1C. The minimum Gasteiger partial charge on any atom is -0.494 e. The van der Waals surface area contributed by atoms with E-state index < -0.39 is 5.82 Å². The van der Waals surface area contributed by atoms with Gasteiger partial charge in [-0.05, 0) is 48.7 Å². The molecule has 2 aromatic rings. The lowest BCUT2D eigenvalue weighted by Gasteiger charge is -2.01. The van der Waals surface area contributed by atoms with Gasteiger partial charge in [0.05, 0.1) is 18.2 Å². The van der Waals surface area contributed by atoms with E-state index in [0.29, 0.717) is 10.4 Å². The Labute approximate surface area is 132 Å². The Kier molecular flexibility index (Phi) is 5.27. The van der Waals surface area contributed by atoms with Gasteiger partial charge < -0.3 is 4.74 Å². The zero-order chi connectivity index (χ0) is 16.1. The third-order valence-corrected chi connectivity index (χ3v) is 4.50.